The van der Waals surface area contributed by atoms with E-state index in [1.807, 2.05) is 0 Å². The van der Waals surface area contributed by atoms with Crippen molar-refractivity contribution < 1.29 is 4.39 Å². The third-order valence-electron chi connectivity index (χ3n) is 1.94. The van der Waals surface area contributed by atoms with E-state index in [4.69, 9.17) is 22.6 Å². The monoisotopic (exact) mass is 237 g/mol. The van der Waals surface area contributed by atoms with Crippen LogP contribution in [0.2, 0.25) is 5.02 Å². The Morgan fingerprint density at radius 2 is 2.31 bits per heavy atom. The van der Waals surface area contributed by atoms with Crippen LogP contribution in [0.5, 0.6) is 0 Å². The molecule has 16 heavy (non-hydrogen) atoms. The number of nitrogens with zero attached hydrogens (tertiary/aromatic N) is 2. The lowest BCUT2D eigenvalue weighted by Gasteiger charge is -2.05. The molecule has 1 rings (SSSR count). The van der Waals surface area contributed by atoms with E-state index >= 15 is 0 Å². The number of hydrogen-bond donors (Lipinski definition) is 1. The smallest absolute Gasteiger partial charge is 0.143 e. The quantitative estimate of drug-likeness (QED) is 0.802. The van der Waals surface area contributed by atoms with Crippen LogP contribution < -0.4 is 5.73 Å². The third kappa shape index (κ3) is 2.38. The molecule has 0 saturated heterocycles. The van der Waals surface area contributed by atoms with E-state index in [-0.39, 0.29) is 10.6 Å². The van der Waals surface area contributed by atoms with Gasteiger partial charge in [-0.15, -0.1) is 0 Å². The topological polar surface area (TPSA) is 62.2 Å². The molecule has 0 unspecified atom stereocenters. The molecule has 1 aromatic rings. The Morgan fingerprint density at radius 1 is 1.62 bits per heavy atom. The van der Waals surface area contributed by atoms with Crippen LogP contribution in [0.25, 0.3) is 0 Å². The number of halogens is 2. The highest BCUT2D eigenvalue weighted by molar-refractivity contribution is 6.31. The fourth-order valence-electron chi connectivity index (χ4n) is 1.27. The molecule has 0 saturated carbocycles. The van der Waals surface area contributed by atoms with Gasteiger partial charge in [0.1, 0.15) is 11.9 Å². The van der Waals surface area contributed by atoms with E-state index in [1.165, 1.54) is 25.4 Å². The van der Waals surface area contributed by atoms with Crippen molar-refractivity contribution in [2.45, 2.75) is 0 Å². The molecule has 82 valence electrons. The molecule has 0 atom stereocenters. The summed E-state index contributed by atoms with van der Waals surface area (Å²) in [5, 5.41) is 9.07. The van der Waals surface area contributed by atoms with E-state index < -0.39 is 5.82 Å². The first-order chi connectivity index (χ1) is 7.63. The largest absolute Gasteiger partial charge is 0.405 e. The summed E-state index contributed by atoms with van der Waals surface area (Å²) in [6.45, 7) is 0. The molecule has 0 radical (unpaired) electrons. The van der Waals surface area contributed by atoms with Crippen molar-refractivity contribution in [3.05, 3.63) is 46.4 Å². The number of rotatable bonds is 2. The molecule has 0 bridgehead atoms. The van der Waals surface area contributed by atoms with Crippen molar-refractivity contribution in [1.29, 1.82) is 5.26 Å². The molecule has 0 aliphatic heterocycles. The number of benzene rings is 1. The second-order valence-electron chi connectivity index (χ2n) is 2.89. The van der Waals surface area contributed by atoms with Gasteiger partial charge in [-0.05, 0) is 24.4 Å². The van der Waals surface area contributed by atoms with E-state index in [9.17, 15) is 4.39 Å². The third-order valence-corrected chi connectivity index (χ3v) is 2.16. The summed E-state index contributed by atoms with van der Waals surface area (Å²) in [6, 6.07) is 4.34. The normalized spacial score (nSPS) is 11.8. The zero-order chi connectivity index (χ0) is 12.1. The lowest BCUT2D eigenvalue weighted by molar-refractivity contribution is 0.623. The van der Waals surface area contributed by atoms with Gasteiger partial charge in [-0.3, -0.25) is 4.99 Å². The Hall–Kier alpha value is -1.86. The van der Waals surface area contributed by atoms with Crippen LogP contribution in [0.4, 0.5) is 4.39 Å². The first-order valence-corrected chi connectivity index (χ1v) is 4.76. The molecule has 1 aromatic carbocycles. The minimum Gasteiger partial charge on any atom is -0.405 e. The van der Waals surface area contributed by atoms with Crippen LogP contribution in [0, 0.1) is 17.1 Å². The van der Waals surface area contributed by atoms with E-state index in [2.05, 4.69) is 4.99 Å². The highest BCUT2D eigenvalue weighted by Crippen LogP contribution is 2.20. The van der Waals surface area contributed by atoms with Gasteiger partial charge in [0, 0.05) is 17.6 Å². The number of nitriles is 1. The molecule has 0 fully saturated rings. The second-order valence-corrected chi connectivity index (χ2v) is 3.33. The Bertz CT molecular complexity index is 501. The van der Waals surface area contributed by atoms with Crippen LogP contribution in [0.15, 0.2) is 29.4 Å². The van der Waals surface area contributed by atoms with Gasteiger partial charge < -0.3 is 5.73 Å². The van der Waals surface area contributed by atoms with E-state index in [0.29, 0.717) is 11.3 Å². The number of allylic oxidation sites excluding steroid dienone is 1. The summed E-state index contributed by atoms with van der Waals surface area (Å²) in [4.78, 5) is 3.91. The number of aliphatic imine (C=N–C) groups is 1. The Morgan fingerprint density at radius 3 is 2.81 bits per heavy atom. The van der Waals surface area contributed by atoms with Crippen LogP contribution >= 0.6 is 11.6 Å². The van der Waals surface area contributed by atoms with E-state index in [0.717, 1.165) is 6.07 Å². The SMILES string of the molecule is CN=C(/C=C\N)c1cc(Cl)cc(F)c1C#N. The molecule has 2 N–H and O–H groups in total. The van der Waals surface area contributed by atoms with Gasteiger partial charge in [0.05, 0.1) is 11.3 Å². The van der Waals surface area contributed by atoms with Crippen LogP contribution in [0.1, 0.15) is 11.1 Å². The molecule has 5 heteroatoms. The summed E-state index contributed by atoms with van der Waals surface area (Å²) in [7, 11) is 1.52. The first-order valence-electron chi connectivity index (χ1n) is 4.38. The van der Waals surface area contributed by atoms with E-state index in [1.54, 1.807) is 6.07 Å². The molecule has 0 heterocycles. The minimum absolute atomic E-state index is 0.0944. The highest BCUT2D eigenvalue weighted by atomic mass is 35.5. The predicted molar refractivity (Wildman–Crippen MR) is 61.9 cm³/mol. The van der Waals surface area contributed by atoms with Crippen molar-refractivity contribution in [2.24, 2.45) is 10.7 Å². The van der Waals surface area contributed by atoms with Crippen LogP contribution in [0.3, 0.4) is 0 Å². The Labute approximate surface area is 97.7 Å². The molecule has 3 nitrogen and oxygen atoms in total. The maximum Gasteiger partial charge on any atom is 0.143 e. The van der Waals surface area contributed by atoms with Crippen molar-refractivity contribution in [1.82, 2.24) is 0 Å². The zero-order valence-electron chi connectivity index (χ0n) is 8.54. The minimum atomic E-state index is -0.670. The van der Waals surface area contributed by atoms with Gasteiger partial charge in [0.15, 0.2) is 0 Å². The lowest BCUT2D eigenvalue weighted by atomic mass is 10.0. The van der Waals surface area contributed by atoms with Gasteiger partial charge in [-0.2, -0.15) is 5.26 Å². The summed E-state index contributed by atoms with van der Waals surface area (Å²) in [6.07, 6.45) is 2.74. The molecule has 0 spiro atoms. The highest BCUT2D eigenvalue weighted by Gasteiger charge is 2.13. The standard InChI is InChI=1S/C11H9ClFN3/c1-16-11(2-3-14)8-4-7(12)5-10(13)9(8)6-15/h2-5H,14H2,1H3/b3-2-,16-11?. The van der Waals surface area contributed by atoms with Crippen molar-refractivity contribution in [2.75, 3.05) is 7.05 Å². The second kappa shape index (κ2) is 5.29. The van der Waals surface area contributed by atoms with Gasteiger partial charge in [0.25, 0.3) is 0 Å². The summed E-state index contributed by atoms with van der Waals surface area (Å²) < 4.78 is 13.4. The van der Waals surface area contributed by atoms with Crippen molar-refractivity contribution >= 4 is 17.3 Å². The molecule has 0 aromatic heterocycles. The Kier molecular flexibility index (Phi) is 4.03. The molecule has 0 amide bonds. The maximum absolute atomic E-state index is 13.4. The summed E-state index contributed by atoms with van der Waals surface area (Å²) >= 11 is 5.72. The number of nitrogens with two attached hydrogens (primary N) is 1. The fraction of sp³-hybridized carbons (Fsp3) is 0.0909. The van der Waals surface area contributed by atoms with Gasteiger partial charge in [0.2, 0.25) is 0 Å². The maximum atomic E-state index is 13.4. The summed E-state index contributed by atoms with van der Waals surface area (Å²) in [5.74, 6) is -0.670. The van der Waals surface area contributed by atoms with Crippen LogP contribution in [-0.2, 0) is 0 Å². The van der Waals surface area contributed by atoms with Gasteiger partial charge in [-0.1, -0.05) is 11.6 Å². The van der Waals surface area contributed by atoms with Crippen molar-refractivity contribution in [3.8, 4) is 6.07 Å². The number of hydrogen-bond acceptors (Lipinski definition) is 3. The molecular weight excluding hydrogens is 229 g/mol. The van der Waals surface area contributed by atoms with Crippen LogP contribution in [-0.4, -0.2) is 12.8 Å². The predicted octanol–water partition coefficient (Wildman–Crippen LogP) is 2.24. The fourth-order valence-corrected chi connectivity index (χ4v) is 1.47. The summed E-state index contributed by atoms with van der Waals surface area (Å²) in [5.41, 5.74) is 5.88. The van der Waals surface area contributed by atoms with Gasteiger partial charge >= 0.3 is 0 Å². The average Bonchev–Trinajstić information content (AvgIpc) is 2.25. The average molecular weight is 238 g/mol. The lowest BCUT2D eigenvalue weighted by Crippen LogP contribution is -2.03. The van der Waals surface area contributed by atoms with Crippen molar-refractivity contribution in [3.63, 3.8) is 0 Å². The zero-order valence-corrected chi connectivity index (χ0v) is 9.29. The molecular formula is C11H9ClFN3. The Balaban J connectivity index is 3.49. The molecule has 0 aliphatic rings. The molecule has 0 aliphatic carbocycles. The van der Waals surface area contributed by atoms with Gasteiger partial charge in [-0.25, -0.2) is 4.39 Å². The first kappa shape index (κ1) is 12.2.